The molecule has 2 aromatic carbocycles. The first kappa shape index (κ1) is 14.5. The van der Waals surface area contributed by atoms with Crippen LogP contribution in [0.2, 0.25) is 0 Å². The smallest absolute Gasteiger partial charge is 0.123 e. The second-order valence-electron chi connectivity index (χ2n) is 6.61. The average molecular weight is 308 g/mol. The highest BCUT2D eigenvalue weighted by Crippen LogP contribution is 2.27. The predicted octanol–water partition coefficient (Wildman–Crippen LogP) is 4.47. The number of rotatable bonds is 2. The molecule has 3 aromatic rings. The van der Waals surface area contributed by atoms with Gasteiger partial charge in [-0.2, -0.15) is 0 Å². The van der Waals surface area contributed by atoms with Gasteiger partial charge in [-0.15, -0.1) is 0 Å². The molecule has 1 unspecified atom stereocenters. The Morgan fingerprint density at radius 1 is 1.17 bits per heavy atom. The normalized spacial score (nSPS) is 18.8. The third-order valence-electron chi connectivity index (χ3n) is 4.85. The quantitative estimate of drug-likeness (QED) is 0.740. The van der Waals surface area contributed by atoms with Crippen molar-refractivity contribution in [2.75, 3.05) is 13.1 Å². The maximum absolute atomic E-state index is 13.5. The number of halogens is 1. The van der Waals surface area contributed by atoms with Crippen molar-refractivity contribution >= 4 is 10.9 Å². The Balaban J connectivity index is 1.55. The van der Waals surface area contributed by atoms with Crippen molar-refractivity contribution in [1.82, 2.24) is 9.88 Å². The van der Waals surface area contributed by atoms with Crippen molar-refractivity contribution in [2.24, 2.45) is 0 Å². The van der Waals surface area contributed by atoms with Crippen molar-refractivity contribution in [3.63, 3.8) is 0 Å². The summed E-state index contributed by atoms with van der Waals surface area (Å²) in [4.78, 5) is 5.97. The van der Waals surface area contributed by atoms with Crippen molar-refractivity contribution < 1.29 is 4.39 Å². The molecular weight excluding hydrogens is 287 g/mol. The maximum atomic E-state index is 13.5. The fourth-order valence-corrected chi connectivity index (χ4v) is 3.71. The van der Waals surface area contributed by atoms with Gasteiger partial charge in [0.2, 0.25) is 0 Å². The number of para-hydroxylation sites is 1. The summed E-state index contributed by atoms with van der Waals surface area (Å²) in [5, 5.41) is 1.26. The molecule has 0 aliphatic carbocycles. The number of aromatic amines is 1. The number of nitrogens with zero attached hydrogens (tertiary/aromatic N) is 1. The molecule has 1 aliphatic rings. The monoisotopic (exact) mass is 308 g/mol. The van der Waals surface area contributed by atoms with E-state index in [-0.39, 0.29) is 5.82 Å². The fourth-order valence-electron chi connectivity index (χ4n) is 3.71. The van der Waals surface area contributed by atoms with Gasteiger partial charge in [0, 0.05) is 30.8 Å². The second-order valence-corrected chi connectivity index (χ2v) is 6.61. The first-order valence-corrected chi connectivity index (χ1v) is 8.26. The maximum Gasteiger partial charge on any atom is 0.123 e. The fraction of sp³-hybridized carbons (Fsp3) is 0.300. The van der Waals surface area contributed by atoms with E-state index in [0.29, 0.717) is 5.92 Å². The van der Waals surface area contributed by atoms with Crippen molar-refractivity contribution in [2.45, 2.75) is 25.8 Å². The third kappa shape index (κ3) is 2.89. The van der Waals surface area contributed by atoms with Gasteiger partial charge in [-0.05, 0) is 53.1 Å². The molecule has 0 radical (unpaired) electrons. The lowest BCUT2D eigenvalue weighted by Crippen LogP contribution is -2.27. The molecule has 2 heterocycles. The van der Waals surface area contributed by atoms with Crippen LogP contribution in [0, 0.1) is 5.82 Å². The van der Waals surface area contributed by atoms with Gasteiger partial charge in [0.05, 0.1) is 0 Å². The van der Waals surface area contributed by atoms with Crippen LogP contribution in [0.1, 0.15) is 29.7 Å². The van der Waals surface area contributed by atoms with Gasteiger partial charge in [0.25, 0.3) is 0 Å². The largest absolute Gasteiger partial charge is 0.357 e. The lowest BCUT2D eigenvalue weighted by Gasteiger charge is -2.22. The lowest BCUT2D eigenvalue weighted by molar-refractivity contribution is 0.261. The van der Waals surface area contributed by atoms with E-state index in [9.17, 15) is 4.39 Å². The summed E-state index contributed by atoms with van der Waals surface area (Å²) in [6.07, 6.45) is 0.986. The number of H-pyrrole nitrogens is 1. The summed E-state index contributed by atoms with van der Waals surface area (Å²) in [5.41, 5.74) is 4.90. The molecule has 0 saturated heterocycles. The Bertz CT molecular complexity index is 804. The molecule has 1 N–H and O–H groups in total. The van der Waals surface area contributed by atoms with Crippen molar-refractivity contribution in [3.05, 3.63) is 71.2 Å². The molecule has 0 saturated carbocycles. The molecule has 0 bridgehead atoms. The Kier molecular flexibility index (Phi) is 3.66. The molecule has 2 nitrogen and oxygen atoms in total. The van der Waals surface area contributed by atoms with E-state index in [1.165, 1.54) is 27.7 Å². The highest BCUT2D eigenvalue weighted by atomic mass is 19.1. The molecule has 1 aromatic heterocycles. The molecule has 0 amide bonds. The van der Waals surface area contributed by atoms with E-state index >= 15 is 0 Å². The second kappa shape index (κ2) is 5.82. The molecule has 1 atom stereocenters. The Morgan fingerprint density at radius 3 is 2.91 bits per heavy atom. The number of nitrogens with one attached hydrogen (secondary N) is 1. The van der Waals surface area contributed by atoms with Crippen molar-refractivity contribution in [3.8, 4) is 0 Å². The van der Waals surface area contributed by atoms with Crippen LogP contribution in [0.25, 0.3) is 10.9 Å². The van der Waals surface area contributed by atoms with E-state index in [1.54, 1.807) is 12.1 Å². The van der Waals surface area contributed by atoms with Crippen LogP contribution < -0.4 is 0 Å². The van der Waals surface area contributed by atoms with E-state index in [4.69, 9.17) is 0 Å². The third-order valence-corrected chi connectivity index (χ3v) is 4.85. The van der Waals surface area contributed by atoms with Crippen LogP contribution in [0.5, 0.6) is 0 Å². The van der Waals surface area contributed by atoms with E-state index in [0.717, 1.165) is 26.1 Å². The first-order valence-electron chi connectivity index (χ1n) is 8.26. The van der Waals surface area contributed by atoms with E-state index < -0.39 is 0 Å². The van der Waals surface area contributed by atoms with Gasteiger partial charge in [-0.3, -0.25) is 4.90 Å². The van der Waals surface area contributed by atoms with Crippen LogP contribution in [0.15, 0.2) is 48.5 Å². The number of hydrogen-bond donors (Lipinski definition) is 1. The minimum atomic E-state index is -0.125. The average Bonchev–Trinajstić information content (AvgIpc) is 2.88. The standard InChI is InChI=1S/C20H21FN2/c1-14-12-23(9-8-15-6-7-17(21)11-19(14)15)13-18-10-16-4-2-3-5-20(16)22-18/h2-7,10-11,14,22H,8-9,12-13H2,1H3. The zero-order chi connectivity index (χ0) is 15.8. The number of hydrogen-bond acceptors (Lipinski definition) is 1. The van der Waals surface area contributed by atoms with Crippen LogP contribution >= 0.6 is 0 Å². The van der Waals surface area contributed by atoms with E-state index in [1.807, 2.05) is 6.07 Å². The lowest BCUT2D eigenvalue weighted by atomic mass is 9.95. The summed E-state index contributed by atoms with van der Waals surface area (Å²) < 4.78 is 13.5. The topological polar surface area (TPSA) is 19.0 Å². The van der Waals surface area contributed by atoms with E-state index in [2.05, 4.69) is 47.1 Å². The zero-order valence-corrected chi connectivity index (χ0v) is 13.3. The summed E-state index contributed by atoms with van der Waals surface area (Å²) in [6.45, 7) is 5.08. The molecule has 1 aliphatic heterocycles. The van der Waals surface area contributed by atoms with Crippen LogP contribution in [-0.2, 0) is 13.0 Å². The Morgan fingerprint density at radius 2 is 2.04 bits per heavy atom. The van der Waals surface area contributed by atoms with Gasteiger partial charge in [-0.25, -0.2) is 4.39 Å². The molecule has 0 fully saturated rings. The molecule has 0 spiro atoms. The summed E-state index contributed by atoms with van der Waals surface area (Å²) in [5.74, 6) is 0.229. The van der Waals surface area contributed by atoms with Crippen LogP contribution in [-0.4, -0.2) is 23.0 Å². The molecule has 4 rings (SSSR count). The highest BCUT2D eigenvalue weighted by Gasteiger charge is 2.20. The SMILES string of the molecule is CC1CN(Cc2cc3ccccc3[nH]2)CCc2ccc(F)cc21. The number of aromatic nitrogens is 1. The Hall–Kier alpha value is -2.13. The predicted molar refractivity (Wildman–Crippen MR) is 92.1 cm³/mol. The minimum Gasteiger partial charge on any atom is -0.357 e. The summed E-state index contributed by atoms with van der Waals surface area (Å²) in [7, 11) is 0. The first-order chi connectivity index (χ1) is 11.2. The minimum absolute atomic E-state index is 0.125. The molecular formula is C20H21FN2. The van der Waals surface area contributed by atoms with Gasteiger partial charge in [-0.1, -0.05) is 31.2 Å². The van der Waals surface area contributed by atoms with Crippen molar-refractivity contribution in [1.29, 1.82) is 0 Å². The molecule has 118 valence electrons. The summed E-state index contributed by atoms with van der Waals surface area (Å²) in [6, 6.07) is 15.9. The van der Waals surface area contributed by atoms with Gasteiger partial charge in [0.15, 0.2) is 0 Å². The van der Waals surface area contributed by atoms with Crippen LogP contribution in [0.3, 0.4) is 0 Å². The number of fused-ring (bicyclic) bond motifs is 2. The molecule has 3 heteroatoms. The Labute approximate surface area is 135 Å². The number of benzene rings is 2. The summed E-state index contributed by atoms with van der Waals surface area (Å²) >= 11 is 0. The van der Waals surface area contributed by atoms with Gasteiger partial charge >= 0.3 is 0 Å². The highest BCUT2D eigenvalue weighted by molar-refractivity contribution is 5.80. The molecule has 23 heavy (non-hydrogen) atoms. The van der Waals surface area contributed by atoms with Gasteiger partial charge < -0.3 is 4.98 Å². The van der Waals surface area contributed by atoms with Crippen LogP contribution in [0.4, 0.5) is 4.39 Å². The van der Waals surface area contributed by atoms with Gasteiger partial charge in [0.1, 0.15) is 5.82 Å². The zero-order valence-electron chi connectivity index (χ0n) is 13.3.